The minimum Gasteiger partial charge on any atom is -0.338 e. The Kier molecular flexibility index (Phi) is 6.38. The van der Waals surface area contributed by atoms with Gasteiger partial charge in [0.2, 0.25) is 0 Å². The van der Waals surface area contributed by atoms with Gasteiger partial charge in [-0.2, -0.15) is 0 Å². The van der Waals surface area contributed by atoms with Gasteiger partial charge in [-0.25, -0.2) is 0 Å². The monoisotopic (exact) mass is 407 g/mol. The van der Waals surface area contributed by atoms with Gasteiger partial charge in [-0.05, 0) is 69.8 Å². The highest BCUT2D eigenvalue weighted by atomic mass is 16.2. The fraction of sp³-hybridized carbons (Fsp3) is 0.520. The Morgan fingerprint density at radius 2 is 1.63 bits per heavy atom. The molecule has 5 heteroatoms. The van der Waals surface area contributed by atoms with E-state index in [0.717, 1.165) is 37.1 Å². The van der Waals surface area contributed by atoms with E-state index >= 15 is 0 Å². The summed E-state index contributed by atoms with van der Waals surface area (Å²) in [5, 5.41) is 0. The maximum Gasteiger partial charge on any atom is 0.264 e. The fourth-order valence-electron chi connectivity index (χ4n) is 4.97. The molecule has 0 aliphatic carbocycles. The van der Waals surface area contributed by atoms with Crippen molar-refractivity contribution in [2.45, 2.75) is 58.0 Å². The Bertz CT molecular complexity index is 923. The van der Waals surface area contributed by atoms with Crippen LogP contribution in [0, 0.1) is 6.92 Å². The summed E-state index contributed by atoms with van der Waals surface area (Å²) in [5.74, 6) is -0.107. The molecule has 2 fully saturated rings. The lowest BCUT2D eigenvalue weighted by Gasteiger charge is -2.40. The van der Waals surface area contributed by atoms with E-state index in [2.05, 4.69) is 4.90 Å². The van der Waals surface area contributed by atoms with Crippen LogP contribution in [0.1, 0.15) is 66.6 Å². The quantitative estimate of drug-likeness (QED) is 0.773. The van der Waals surface area contributed by atoms with Crippen molar-refractivity contribution in [1.82, 2.24) is 14.4 Å². The zero-order valence-electron chi connectivity index (χ0n) is 18.2. The first-order valence-electron chi connectivity index (χ1n) is 11.4. The molecule has 2 aliphatic heterocycles. The first-order valence-corrected chi connectivity index (χ1v) is 11.4. The summed E-state index contributed by atoms with van der Waals surface area (Å²) in [6, 6.07) is 12.3. The standard InChI is InChI=1S/C25H33N3O2/c1-19-11-18-28(20(2)21-9-5-3-6-10-21)25(30)23(19)24(29)27-16-12-22(13-17-27)26-14-7-4-8-15-26/h3,5-6,9-11,18,20,22H,4,7-8,12-17H2,1-2H3. The number of hydrogen-bond acceptors (Lipinski definition) is 3. The third kappa shape index (κ3) is 4.22. The Morgan fingerprint density at radius 3 is 2.30 bits per heavy atom. The Labute approximate surface area is 179 Å². The van der Waals surface area contributed by atoms with Gasteiger partial charge in [-0.15, -0.1) is 0 Å². The van der Waals surface area contributed by atoms with Crippen LogP contribution >= 0.6 is 0 Å². The van der Waals surface area contributed by atoms with Crippen molar-refractivity contribution in [2.75, 3.05) is 26.2 Å². The lowest BCUT2D eigenvalue weighted by atomic mass is 9.99. The van der Waals surface area contributed by atoms with Crippen molar-refractivity contribution >= 4 is 5.91 Å². The first-order chi connectivity index (χ1) is 14.6. The molecule has 2 aliphatic rings. The van der Waals surface area contributed by atoms with Gasteiger partial charge < -0.3 is 14.4 Å². The summed E-state index contributed by atoms with van der Waals surface area (Å²) in [6.07, 6.45) is 7.75. The predicted molar refractivity (Wildman–Crippen MR) is 120 cm³/mol. The van der Waals surface area contributed by atoms with Crippen molar-refractivity contribution < 1.29 is 4.79 Å². The summed E-state index contributed by atoms with van der Waals surface area (Å²) in [4.78, 5) is 31.1. The van der Waals surface area contributed by atoms with Crippen LogP contribution in [0.25, 0.3) is 0 Å². The molecule has 2 aromatic rings. The Hall–Kier alpha value is -2.40. The van der Waals surface area contributed by atoms with Gasteiger partial charge in [0.1, 0.15) is 5.56 Å². The summed E-state index contributed by atoms with van der Waals surface area (Å²) in [6.45, 7) is 7.73. The minimum absolute atomic E-state index is 0.107. The van der Waals surface area contributed by atoms with Crippen molar-refractivity contribution in [3.05, 3.63) is 69.6 Å². The van der Waals surface area contributed by atoms with Crippen LogP contribution in [0.15, 0.2) is 47.4 Å². The number of aromatic nitrogens is 1. The smallest absolute Gasteiger partial charge is 0.264 e. The van der Waals surface area contributed by atoms with E-state index in [0.29, 0.717) is 11.6 Å². The van der Waals surface area contributed by atoms with E-state index in [1.165, 1.54) is 32.4 Å². The molecule has 0 bridgehead atoms. The van der Waals surface area contributed by atoms with Gasteiger partial charge in [-0.3, -0.25) is 9.59 Å². The first kappa shape index (κ1) is 20.9. The SMILES string of the molecule is Cc1ccn(C(C)c2ccccc2)c(=O)c1C(=O)N1CCC(N2CCCCC2)CC1. The van der Waals surface area contributed by atoms with Gasteiger partial charge in [0.25, 0.3) is 11.5 Å². The molecule has 1 aromatic carbocycles. The summed E-state index contributed by atoms with van der Waals surface area (Å²) in [7, 11) is 0. The average Bonchev–Trinajstić information content (AvgIpc) is 2.80. The summed E-state index contributed by atoms with van der Waals surface area (Å²) >= 11 is 0. The van der Waals surface area contributed by atoms with E-state index < -0.39 is 0 Å². The number of pyridine rings is 1. The van der Waals surface area contributed by atoms with Crippen LogP contribution in [0.4, 0.5) is 0 Å². The molecule has 1 amide bonds. The molecule has 1 aromatic heterocycles. The largest absolute Gasteiger partial charge is 0.338 e. The molecule has 160 valence electrons. The van der Waals surface area contributed by atoms with Gasteiger partial charge in [0, 0.05) is 25.3 Å². The second-order valence-electron chi connectivity index (χ2n) is 8.79. The zero-order valence-corrected chi connectivity index (χ0v) is 18.2. The molecule has 5 nitrogen and oxygen atoms in total. The number of hydrogen-bond donors (Lipinski definition) is 0. The van der Waals surface area contributed by atoms with Crippen LogP contribution < -0.4 is 5.56 Å². The third-order valence-electron chi connectivity index (χ3n) is 6.90. The lowest BCUT2D eigenvalue weighted by Crippen LogP contribution is -2.49. The number of benzene rings is 1. The molecule has 0 radical (unpaired) electrons. The number of carbonyl (C=O) groups is 1. The highest BCUT2D eigenvalue weighted by Gasteiger charge is 2.30. The molecule has 0 spiro atoms. The lowest BCUT2D eigenvalue weighted by molar-refractivity contribution is 0.0587. The van der Waals surface area contributed by atoms with E-state index in [1.807, 2.05) is 61.3 Å². The summed E-state index contributed by atoms with van der Waals surface area (Å²) in [5.41, 5.74) is 1.97. The number of carbonyl (C=O) groups excluding carboxylic acids is 1. The number of rotatable bonds is 4. The predicted octanol–water partition coefficient (Wildman–Crippen LogP) is 3.86. The molecular weight excluding hydrogens is 374 g/mol. The Morgan fingerprint density at radius 1 is 0.967 bits per heavy atom. The van der Waals surface area contributed by atoms with Gasteiger partial charge in [-0.1, -0.05) is 36.8 Å². The normalized spacial score (nSPS) is 19.6. The fourth-order valence-corrected chi connectivity index (χ4v) is 4.97. The van der Waals surface area contributed by atoms with E-state index in [4.69, 9.17) is 0 Å². The zero-order chi connectivity index (χ0) is 21.1. The molecule has 3 heterocycles. The number of aryl methyl sites for hydroxylation is 1. The molecule has 1 atom stereocenters. The summed E-state index contributed by atoms with van der Waals surface area (Å²) < 4.78 is 1.69. The van der Waals surface area contributed by atoms with Crippen LogP contribution in [0.5, 0.6) is 0 Å². The van der Waals surface area contributed by atoms with Gasteiger partial charge >= 0.3 is 0 Å². The molecular formula is C25H33N3O2. The second-order valence-corrected chi connectivity index (χ2v) is 8.79. The third-order valence-corrected chi connectivity index (χ3v) is 6.90. The van der Waals surface area contributed by atoms with Crippen molar-refractivity contribution in [3.63, 3.8) is 0 Å². The Balaban J connectivity index is 1.51. The molecule has 0 N–H and O–H groups in total. The topological polar surface area (TPSA) is 45.6 Å². The van der Waals surface area contributed by atoms with Crippen LogP contribution in [-0.2, 0) is 0 Å². The van der Waals surface area contributed by atoms with Crippen molar-refractivity contribution in [2.24, 2.45) is 0 Å². The van der Waals surface area contributed by atoms with Gasteiger partial charge in [0.05, 0.1) is 6.04 Å². The number of piperidine rings is 2. The molecule has 30 heavy (non-hydrogen) atoms. The number of likely N-dealkylation sites (tertiary alicyclic amines) is 2. The highest BCUT2D eigenvalue weighted by Crippen LogP contribution is 2.22. The molecule has 2 saturated heterocycles. The second kappa shape index (κ2) is 9.17. The molecule has 0 saturated carbocycles. The van der Waals surface area contributed by atoms with E-state index in [1.54, 1.807) is 4.57 Å². The highest BCUT2D eigenvalue weighted by molar-refractivity contribution is 5.95. The van der Waals surface area contributed by atoms with Crippen molar-refractivity contribution in [3.8, 4) is 0 Å². The number of nitrogens with zero attached hydrogens (tertiary/aromatic N) is 3. The van der Waals surface area contributed by atoms with Crippen molar-refractivity contribution in [1.29, 1.82) is 0 Å². The molecule has 1 unspecified atom stereocenters. The van der Waals surface area contributed by atoms with Crippen LogP contribution in [-0.4, -0.2) is 52.5 Å². The maximum atomic E-state index is 13.3. The van der Waals surface area contributed by atoms with E-state index in [9.17, 15) is 9.59 Å². The van der Waals surface area contributed by atoms with Crippen LogP contribution in [0.3, 0.4) is 0 Å². The van der Waals surface area contributed by atoms with Gasteiger partial charge in [0.15, 0.2) is 0 Å². The number of amides is 1. The molecule has 4 rings (SSSR count). The van der Waals surface area contributed by atoms with E-state index in [-0.39, 0.29) is 17.5 Å². The minimum atomic E-state index is -0.186. The average molecular weight is 408 g/mol. The maximum absolute atomic E-state index is 13.3. The van der Waals surface area contributed by atoms with Crippen LogP contribution in [0.2, 0.25) is 0 Å².